The third-order valence-electron chi connectivity index (χ3n) is 4.68. The van der Waals surface area contributed by atoms with Crippen LogP contribution in [0.3, 0.4) is 0 Å². The summed E-state index contributed by atoms with van der Waals surface area (Å²) in [4.78, 5) is 29.8. The number of thiophene rings is 1. The number of amides is 2. The molecule has 0 saturated heterocycles. The highest BCUT2D eigenvalue weighted by atomic mass is 32.1. The Kier molecular flexibility index (Phi) is 5.99. The van der Waals surface area contributed by atoms with Gasteiger partial charge in [0.25, 0.3) is 5.91 Å². The molecule has 2 aromatic heterocycles. The smallest absolute Gasteiger partial charge is 0.279 e. The summed E-state index contributed by atoms with van der Waals surface area (Å²) >= 11 is 1.51. The average molecular weight is 436 g/mol. The molecule has 0 saturated carbocycles. The molecule has 2 N–H and O–H groups in total. The molecule has 1 unspecified atom stereocenters. The standard InChI is InChI=1S/C23H21N3O4S/c1-14-19(24-23(30-14)20-8-5-11-31-20)13-21(27)25-26-22(28)15(2)29-18-10-9-16-6-3-4-7-17(16)12-18/h3-12,15H,13H2,1-2H3,(H,25,27)(H,26,28). The number of fused-ring (bicyclic) bond motifs is 1. The Bertz CT molecular complexity index is 1220. The molecule has 0 bridgehead atoms. The van der Waals surface area contributed by atoms with E-state index in [1.807, 2.05) is 60.0 Å². The number of oxazole rings is 1. The number of rotatable bonds is 6. The zero-order valence-corrected chi connectivity index (χ0v) is 17.9. The summed E-state index contributed by atoms with van der Waals surface area (Å²) in [5, 5.41) is 4.04. The molecule has 0 aliphatic carbocycles. The number of ether oxygens (including phenoxy) is 1. The Balaban J connectivity index is 1.30. The van der Waals surface area contributed by atoms with Gasteiger partial charge >= 0.3 is 0 Å². The van der Waals surface area contributed by atoms with Crippen LogP contribution in [0.15, 0.2) is 64.4 Å². The van der Waals surface area contributed by atoms with Crippen molar-refractivity contribution in [1.82, 2.24) is 15.8 Å². The van der Waals surface area contributed by atoms with E-state index in [1.165, 1.54) is 11.3 Å². The van der Waals surface area contributed by atoms with Gasteiger partial charge in [0.15, 0.2) is 6.10 Å². The molecule has 158 valence electrons. The van der Waals surface area contributed by atoms with Crippen LogP contribution in [-0.4, -0.2) is 22.9 Å². The number of benzene rings is 2. The molecule has 2 heterocycles. The third-order valence-corrected chi connectivity index (χ3v) is 5.54. The number of hydrazine groups is 1. The van der Waals surface area contributed by atoms with Crippen molar-refractivity contribution in [3.8, 4) is 16.5 Å². The molecule has 0 spiro atoms. The average Bonchev–Trinajstić information content (AvgIpc) is 3.42. The summed E-state index contributed by atoms with van der Waals surface area (Å²) in [6.45, 7) is 3.37. The first-order valence-corrected chi connectivity index (χ1v) is 10.6. The van der Waals surface area contributed by atoms with Gasteiger partial charge in [-0.15, -0.1) is 11.3 Å². The monoisotopic (exact) mass is 435 g/mol. The third kappa shape index (κ3) is 4.92. The van der Waals surface area contributed by atoms with Gasteiger partial charge in [-0.1, -0.05) is 36.4 Å². The van der Waals surface area contributed by atoms with Crippen molar-refractivity contribution in [1.29, 1.82) is 0 Å². The molecular formula is C23H21N3O4S. The number of hydrogen-bond acceptors (Lipinski definition) is 6. The van der Waals surface area contributed by atoms with Crippen LogP contribution in [0, 0.1) is 6.92 Å². The molecule has 31 heavy (non-hydrogen) atoms. The minimum absolute atomic E-state index is 0.0130. The van der Waals surface area contributed by atoms with Gasteiger partial charge in [-0.3, -0.25) is 20.4 Å². The van der Waals surface area contributed by atoms with Gasteiger partial charge in [0.05, 0.1) is 17.0 Å². The minimum atomic E-state index is -0.791. The lowest BCUT2D eigenvalue weighted by molar-refractivity contribution is -0.132. The number of nitrogens with one attached hydrogen (secondary N) is 2. The van der Waals surface area contributed by atoms with Gasteiger partial charge in [-0.25, -0.2) is 4.98 Å². The molecule has 0 aliphatic rings. The number of aromatic nitrogens is 1. The second kappa shape index (κ2) is 9.01. The summed E-state index contributed by atoms with van der Waals surface area (Å²) in [6, 6.07) is 17.3. The van der Waals surface area contributed by atoms with Crippen LogP contribution in [0.25, 0.3) is 21.5 Å². The van der Waals surface area contributed by atoms with Gasteiger partial charge in [0.1, 0.15) is 11.5 Å². The Labute approximate surface area is 183 Å². The van der Waals surface area contributed by atoms with E-state index < -0.39 is 17.9 Å². The Morgan fingerprint density at radius 1 is 1.10 bits per heavy atom. The van der Waals surface area contributed by atoms with Crippen LogP contribution in [0.4, 0.5) is 0 Å². The fourth-order valence-electron chi connectivity index (χ4n) is 3.03. The second-order valence-corrected chi connectivity index (χ2v) is 7.93. The summed E-state index contributed by atoms with van der Waals surface area (Å²) < 4.78 is 11.3. The normalized spacial score (nSPS) is 11.8. The summed E-state index contributed by atoms with van der Waals surface area (Å²) in [5.74, 6) is 0.764. The fourth-order valence-corrected chi connectivity index (χ4v) is 3.67. The maximum absolute atomic E-state index is 12.3. The van der Waals surface area contributed by atoms with Gasteiger partial charge in [-0.2, -0.15) is 0 Å². The van der Waals surface area contributed by atoms with Crippen molar-refractivity contribution < 1.29 is 18.7 Å². The highest BCUT2D eigenvalue weighted by Gasteiger charge is 2.18. The van der Waals surface area contributed by atoms with E-state index in [0.29, 0.717) is 23.1 Å². The summed E-state index contributed by atoms with van der Waals surface area (Å²) in [7, 11) is 0. The van der Waals surface area contributed by atoms with Crippen LogP contribution in [0.2, 0.25) is 0 Å². The first kappa shape index (κ1) is 20.6. The zero-order chi connectivity index (χ0) is 21.8. The first-order valence-electron chi connectivity index (χ1n) is 9.74. The van der Waals surface area contributed by atoms with Crippen molar-refractivity contribution in [2.24, 2.45) is 0 Å². The predicted octanol–water partition coefficient (Wildman–Crippen LogP) is 4.02. The Morgan fingerprint density at radius 2 is 1.90 bits per heavy atom. The topological polar surface area (TPSA) is 93.5 Å². The number of nitrogens with zero attached hydrogens (tertiary/aromatic N) is 1. The SMILES string of the molecule is Cc1oc(-c2cccs2)nc1CC(=O)NNC(=O)C(C)Oc1ccc2ccccc2c1. The molecule has 2 amide bonds. The highest BCUT2D eigenvalue weighted by molar-refractivity contribution is 7.13. The molecule has 0 radical (unpaired) electrons. The van der Waals surface area contributed by atoms with Gasteiger partial charge in [0, 0.05) is 0 Å². The number of carbonyl (C=O) groups is 2. The number of aryl methyl sites for hydroxylation is 1. The van der Waals surface area contributed by atoms with E-state index in [9.17, 15) is 9.59 Å². The van der Waals surface area contributed by atoms with Crippen molar-refractivity contribution in [3.63, 3.8) is 0 Å². The minimum Gasteiger partial charge on any atom is -0.481 e. The molecule has 0 aliphatic heterocycles. The van der Waals surface area contributed by atoms with Crippen LogP contribution in [-0.2, 0) is 16.0 Å². The first-order chi connectivity index (χ1) is 15.0. The molecule has 7 nitrogen and oxygen atoms in total. The molecule has 8 heteroatoms. The molecule has 4 rings (SSSR count). The van der Waals surface area contributed by atoms with E-state index >= 15 is 0 Å². The van der Waals surface area contributed by atoms with E-state index in [4.69, 9.17) is 9.15 Å². The van der Waals surface area contributed by atoms with Gasteiger partial charge in [0.2, 0.25) is 11.8 Å². The highest BCUT2D eigenvalue weighted by Crippen LogP contribution is 2.26. The van der Waals surface area contributed by atoms with Crippen LogP contribution in [0.1, 0.15) is 18.4 Å². The lowest BCUT2D eigenvalue weighted by Gasteiger charge is -2.15. The Hall–Kier alpha value is -3.65. The molecule has 2 aromatic carbocycles. The Morgan fingerprint density at radius 3 is 2.68 bits per heavy atom. The maximum Gasteiger partial charge on any atom is 0.279 e. The maximum atomic E-state index is 12.3. The van der Waals surface area contributed by atoms with Gasteiger partial charge < -0.3 is 9.15 Å². The lowest BCUT2D eigenvalue weighted by Crippen LogP contribution is -2.47. The van der Waals surface area contributed by atoms with Crippen molar-refractivity contribution in [3.05, 3.63) is 71.4 Å². The second-order valence-electron chi connectivity index (χ2n) is 6.98. The van der Waals surface area contributed by atoms with Crippen LogP contribution in [0.5, 0.6) is 5.75 Å². The number of hydrogen-bond donors (Lipinski definition) is 2. The zero-order valence-electron chi connectivity index (χ0n) is 17.0. The van der Waals surface area contributed by atoms with Crippen molar-refractivity contribution in [2.45, 2.75) is 26.4 Å². The molecular weight excluding hydrogens is 414 g/mol. The van der Waals surface area contributed by atoms with Crippen molar-refractivity contribution in [2.75, 3.05) is 0 Å². The van der Waals surface area contributed by atoms with E-state index in [2.05, 4.69) is 15.8 Å². The van der Waals surface area contributed by atoms with Crippen LogP contribution < -0.4 is 15.6 Å². The number of carbonyl (C=O) groups excluding carboxylic acids is 2. The molecule has 4 aromatic rings. The predicted molar refractivity (Wildman–Crippen MR) is 119 cm³/mol. The summed E-state index contributed by atoms with van der Waals surface area (Å²) in [6.07, 6.45) is -0.804. The quantitative estimate of drug-likeness (QED) is 0.446. The molecule has 1 atom stereocenters. The lowest BCUT2D eigenvalue weighted by atomic mass is 10.1. The van der Waals surface area contributed by atoms with E-state index in [1.54, 1.807) is 13.8 Å². The summed E-state index contributed by atoms with van der Waals surface area (Å²) in [5.41, 5.74) is 5.32. The van der Waals surface area contributed by atoms with Gasteiger partial charge in [-0.05, 0) is 48.2 Å². The van der Waals surface area contributed by atoms with Crippen LogP contribution >= 0.6 is 11.3 Å². The fraction of sp³-hybridized carbons (Fsp3) is 0.174. The van der Waals surface area contributed by atoms with E-state index in [-0.39, 0.29) is 6.42 Å². The largest absolute Gasteiger partial charge is 0.481 e. The van der Waals surface area contributed by atoms with E-state index in [0.717, 1.165) is 15.6 Å². The molecule has 0 fully saturated rings. The van der Waals surface area contributed by atoms with Crippen molar-refractivity contribution >= 4 is 33.9 Å².